The first-order valence-electron chi connectivity index (χ1n) is 5.28. The summed E-state index contributed by atoms with van der Waals surface area (Å²) in [6.45, 7) is 10.8. The van der Waals surface area contributed by atoms with Crippen LogP contribution in [0.4, 0.5) is 0 Å². The molecule has 0 rings (SSSR count). The largest absolute Gasteiger partial charge is 0.356 e. The highest BCUT2D eigenvalue weighted by Gasteiger charge is 2.26. The Morgan fingerprint density at radius 2 is 1.86 bits per heavy atom. The number of carbonyl (C=O) groups excluding carboxylic acids is 1. The summed E-state index contributed by atoms with van der Waals surface area (Å²) >= 11 is 0. The van der Waals surface area contributed by atoms with Crippen LogP contribution in [0, 0.1) is 11.3 Å². The lowest BCUT2D eigenvalue weighted by molar-refractivity contribution is -0.127. The summed E-state index contributed by atoms with van der Waals surface area (Å²) in [5.41, 5.74) is 5.62. The van der Waals surface area contributed by atoms with Gasteiger partial charge in [-0.3, -0.25) is 4.79 Å². The van der Waals surface area contributed by atoms with Crippen molar-refractivity contribution >= 4 is 5.91 Å². The van der Waals surface area contributed by atoms with Gasteiger partial charge in [0.25, 0.3) is 0 Å². The molecule has 2 unspecified atom stereocenters. The average molecular weight is 200 g/mol. The SMILES string of the molecule is CC(N)CCNC(=O)C(C)C(C)(C)C. The van der Waals surface area contributed by atoms with E-state index in [4.69, 9.17) is 5.73 Å². The van der Waals surface area contributed by atoms with Crippen LogP contribution >= 0.6 is 0 Å². The third-order valence-corrected chi connectivity index (χ3v) is 2.59. The molecule has 0 radical (unpaired) electrons. The fraction of sp³-hybridized carbons (Fsp3) is 0.909. The summed E-state index contributed by atoms with van der Waals surface area (Å²) in [6.07, 6.45) is 0.836. The Balaban J connectivity index is 3.86. The van der Waals surface area contributed by atoms with E-state index >= 15 is 0 Å². The van der Waals surface area contributed by atoms with Crippen LogP contribution in [0.2, 0.25) is 0 Å². The number of hydrogen-bond donors (Lipinski definition) is 2. The number of nitrogens with one attached hydrogen (secondary N) is 1. The Labute approximate surface area is 87.4 Å². The Bertz CT molecular complexity index is 182. The normalized spacial score (nSPS) is 16.1. The quantitative estimate of drug-likeness (QED) is 0.723. The first kappa shape index (κ1) is 13.4. The molecule has 3 N–H and O–H groups in total. The van der Waals surface area contributed by atoms with Gasteiger partial charge in [-0.25, -0.2) is 0 Å². The van der Waals surface area contributed by atoms with Crippen molar-refractivity contribution in [2.45, 2.75) is 47.1 Å². The van der Waals surface area contributed by atoms with Crippen molar-refractivity contribution in [1.29, 1.82) is 0 Å². The van der Waals surface area contributed by atoms with Crippen molar-refractivity contribution in [1.82, 2.24) is 5.32 Å². The Morgan fingerprint density at radius 1 is 1.36 bits per heavy atom. The molecule has 1 amide bonds. The molecule has 2 atom stereocenters. The lowest BCUT2D eigenvalue weighted by atomic mass is 9.81. The van der Waals surface area contributed by atoms with Crippen molar-refractivity contribution in [3.05, 3.63) is 0 Å². The van der Waals surface area contributed by atoms with Crippen molar-refractivity contribution in [3.63, 3.8) is 0 Å². The van der Waals surface area contributed by atoms with Crippen molar-refractivity contribution in [3.8, 4) is 0 Å². The Morgan fingerprint density at radius 3 is 2.21 bits per heavy atom. The van der Waals surface area contributed by atoms with Gasteiger partial charge < -0.3 is 11.1 Å². The molecule has 0 spiro atoms. The molecule has 0 aromatic rings. The summed E-state index contributed by atoms with van der Waals surface area (Å²) in [7, 11) is 0. The topological polar surface area (TPSA) is 55.1 Å². The van der Waals surface area contributed by atoms with Crippen LogP contribution in [0.25, 0.3) is 0 Å². The molecule has 14 heavy (non-hydrogen) atoms. The molecule has 0 aliphatic carbocycles. The van der Waals surface area contributed by atoms with E-state index in [1.807, 2.05) is 13.8 Å². The van der Waals surface area contributed by atoms with Gasteiger partial charge in [0.2, 0.25) is 5.91 Å². The summed E-state index contributed by atoms with van der Waals surface area (Å²) in [4.78, 5) is 11.6. The Hall–Kier alpha value is -0.570. The maximum Gasteiger partial charge on any atom is 0.223 e. The van der Waals surface area contributed by atoms with Gasteiger partial charge in [0.15, 0.2) is 0 Å². The number of carbonyl (C=O) groups is 1. The standard InChI is InChI=1S/C11H24N2O/c1-8(12)6-7-13-10(14)9(2)11(3,4)5/h8-9H,6-7,12H2,1-5H3,(H,13,14). The van der Waals surface area contributed by atoms with Crippen LogP contribution in [-0.4, -0.2) is 18.5 Å². The monoisotopic (exact) mass is 200 g/mol. The van der Waals surface area contributed by atoms with Crippen molar-refractivity contribution in [2.24, 2.45) is 17.1 Å². The smallest absolute Gasteiger partial charge is 0.223 e. The van der Waals surface area contributed by atoms with Gasteiger partial charge in [0, 0.05) is 18.5 Å². The van der Waals surface area contributed by atoms with Crippen LogP contribution in [0.5, 0.6) is 0 Å². The minimum atomic E-state index is 0.0262. The maximum atomic E-state index is 11.6. The van der Waals surface area contributed by atoms with Gasteiger partial charge in [-0.05, 0) is 18.8 Å². The van der Waals surface area contributed by atoms with Gasteiger partial charge in [-0.15, -0.1) is 0 Å². The maximum absolute atomic E-state index is 11.6. The highest BCUT2D eigenvalue weighted by molar-refractivity contribution is 5.78. The van der Waals surface area contributed by atoms with E-state index in [0.29, 0.717) is 6.54 Å². The van der Waals surface area contributed by atoms with Gasteiger partial charge in [-0.2, -0.15) is 0 Å². The average Bonchev–Trinajstić information content (AvgIpc) is 2.00. The van der Waals surface area contributed by atoms with Crippen molar-refractivity contribution in [2.75, 3.05) is 6.54 Å². The van der Waals surface area contributed by atoms with Crippen LogP contribution in [0.1, 0.15) is 41.0 Å². The molecule has 0 aliphatic heterocycles. The summed E-state index contributed by atoms with van der Waals surface area (Å²) in [6, 6.07) is 0.153. The Kier molecular flexibility index (Phi) is 5.13. The molecule has 0 saturated heterocycles. The number of nitrogens with two attached hydrogens (primary N) is 1. The van der Waals surface area contributed by atoms with Crippen molar-refractivity contribution < 1.29 is 4.79 Å². The predicted octanol–water partition coefficient (Wildman–Crippen LogP) is 1.52. The van der Waals surface area contributed by atoms with Gasteiger partial charge >= 0.3 is 0 Å². The lowest BCUT2D eigenvalue weighted by Crippen LogP contribution is -2.37. The zero-order chi connectivity index (χ0) is 11.4. The zero-order valence-corrected chi connectivity index (χ0v) is 10.1. The van der Waals surface area contributed by atoms with E-state index in [0.717, 1.165) is 6.42 Å². The molecule has 0 aromatic carbocycles. The molecular weight excluding hydrogens is 176 g/mol. The minimum Gasteiger partial charge on any atom is -0.356 e. The molecule has 84 valence electrons. The second kappa shape index (κ2) is 5.35. The second-order valence-corrected chi connectivity index (χ2v) is 5.14. The fourth-order valence-electron chi connectivity index (χ4n) is 0.969. The molecule has 3 heteroatoms. The fourth-order valence-corrected chi connectivity index (χ4v) is 0.969. The molecule has 0 saturated carbocycles. The predicted molar refractivity (Wildman–Crippen MR) is 59.9 cm³/mol. The van der Waals surface area contributed by atoms with E-state index in [1.54, 1.807) is 0 Å². The molecular formula is C11H24N2O. The number of hydrogen-bond acceptors (Lipinski definition) is 2. The summed E-state index contributed by atoms with van der Waals surface area (Å²) in [5, 5.41) is 2.90. The molecule has 3 nitrogen and oxygen atoms in total. The second-order valence-electron chi connectivity index (χ2n) is 5.14. The van der Waals surface area contributed by atoms with Gasteiger partial charge in [0.05, 0.1) is 0 Å². The third kappa shape index (κ3) is 5.22. The third-order valence-electron chi connectivity index (χ3n) is 2.59. The first-order valence-corrected chi connectivity index (χ1v) is 5.28. The highest BCUT2D eigenvalue weighted by atomic mass is 16.1. The van der Waals surface area contributed by atoms with Gasteiger partial charge in [-0.1, -0.05) is 27.7 Å². The van der Waals surface area contributed by atoms with E-state index in [1.165, 1.54) is 0 Å². The summed E-state index contributed by atoms with van der Waals surface area (Å²) < 4.78 is 0. The molecule has 0 bridgehead atoms. The van der Waals surface area contributed by atoms with Crippen LogP contribution in [0.3, 0.4) is 0 Å². The molecule has 0 fully saturated rings. The number of rotatable bonds is 4. The number of amides is 1. The minimum absolute atomic E-state index is 0.0262. The highest BCUT2D eigenvalue weighted by Crippen LogP contribution is 2.25. The molecule has 0 aromatic heterocycles. The van der Waals surface area contributed by atoms with Crippen LogP contribution in [0.15, 0.2) is 0 Å². The van der Waals surface area contributed by atoms with E-state index in [-0.39, 0.29) is 23.3 Å². The van der Waals surface area contributed by atoms with Crippen LogP contribution < -0.4 is 11.1 Å². The van der Waals surface area contributed by atoms with E-state index in [9.17, 15) is 4.79 Å². The van der Waals surface area contributed by atoms with Gasteiger partial charge in [0.1, 0.15) is 0 Å². The molecule has 0 heterocycles. The van der Waals surface area contributed by atoms with Crippen LogP contribution in [-0.2, 0) is 4.79 Å². The lowest BCUT2D eigenvalue weighted by Gasteiger charge is -2.26. The first-order chi connectivity index (χ1) is 6.25. The molecule has 0 aliphatic rings. The van der Waals surface area contributed by atoms with E-state index < -0.39 is 0 Å². The van der Waals surface area contributed by atoms with E-state index in [2.05, 4.69) is 26.1 Å². The zero-order valence-electron chi connectivity index (χ0n) is 10.1. The summed E-state index contributed by atoms with van der Waals surface area (Å²) in [5.74, 6) is 0.161.